The predicted molar refractivity (Wildman–Crippen MR) is 109 cm³/mol. The maximum atomic E-state index is 11.8. The molecule has 0 bridgehead atoms. The molecule has 0 aliphatic carbocycles. The quantitative estimate of drug-likeness (QED) is 0.687. The molecule has 2 unspecified atom stereocenters. The van der Waals surface area contributed by atoms with Crippen LogP contribution in [0.3, 0.4) is 0 Å². The molecule has 0 saturated carbocycles. The topological polar surface area (TPSA) is 59.0 Å². The zero-order valence-electron chi connectivity index (χ0n) is 16.2. The zero-order valence-corrected chi connectivity index (χ0v) is 17.0. The molecule has 2 atom stereocenters. The van der Waals surface area contributed by atoms with Gasteiger partial charge in [0.1, 0.15) is 6.04 Å². The third kappa shape index (κ3) is 4.42. The number of hydrogen-bond acceptors (Lipinski definition) is 4. The van der Waals surface area contributed by atoms with E-state index in [1.54, 1.807) is 0 Å². The first-order chi connectivity index (χ1) is 13.5. The Balaban J connectivity index is 2.07. The number of carbonyl (C=O) groups is 1. The molecule has 3 rings (SSSR count). The fraction of sp³-hybridized carbons (Fsp3) is 0.409. The minimum absolute atomic E-state index is 0.198. The van der Waals surface area contributed by atoms with Crippen LogP contribution in [0.4, 0.5) is 0 Å². The van der Waals surface area contributed by atoms with E-state index in [-0.39, 0.29) is 6.04 Å². The Morgan fingerprint density at radius 1 is 1.11 bits per heavy atom. The lowest BCUT2D eigenvalue weighted by molar-refractivity contribution is -0.142. The van der Waals surface area contributed by atoms with E-state index < -0.39 is 12.0 Å². The van der Waals surface area contributed by atoms with Crippen LogP contribution in [0.25, 0.3) is 0 Å². The zero-order chi connectivity index (χ0) is 20.1. The Kier molecular flexibility index (Phi) is 6.81. The summed E-state index contributed by atoms with van der Waals surface area (Å²) in [5, 5.41) is 10.4. The molecule has 28 heavy (non-hydrogen) atoms. The van der Waals surface area contributed by atoms with E-state index in [2.05, 4.69) is 4.90 Å². The van der Waals surface area contributed by atoms with Crippen molar-refractivity contribution in [3.63, 3.8) is 0 Å². The van der Waals surface area contributed by atoms with Crippen LogP contribution in [0, 0.1) is 0 Å². The van der Waals surface area contributed by atoms with Gasteiger partial charge in [0.15, 0.2) is 11.5 Å². The third-order valence-electron chi connectivity index (χ3n) is 4.98. The summed E-state index contributed by atoms with van der Waals surface area (Å²) in [6, 6.07) is 12.7. The van der Waals surface area contributed by atoms with Gasteiger partial charge in [0.25, 0.3) is 0 Å². The van der Waals surface area contributed by atoms with Gasteiger partial charge in [0, 0.05) is 11.6 Å². The Bertz CT molecular complexity index is 809. The SMILES string of the molecule is CCOc1ccc(C(c2ccc(Cl)cc2)N2CCCC2C(=O)O)cc1OCC. The monoisotopic (exact) mass is 403 g/mol. The number of hydrogen-bond donors (Lipinski definition) is 1. The van der Waals surface area contributed by atoms with Crippen molar-refractivity contribution in [2.75, 3.05) is 19.8 Å². The van der Waals surface area contributed by atoms with Crippen LogP contribution in [-0.4, -0.2) is 41.8 Å². The van der Waals surface area contributed by atoms with E-state index >= 15 is 0 Å². The van der Waals surface area contributed by atoms with Crippen molar-refractivity contribution in [2.45, 2.75) is 38.8 Å². The first kappa shape index (κ1) is 20.5. The summed E-state index contributed by atoms with van der Waals surface area (Å²) in [6.07, 6.45) is 1.51. The van der Waals surface area contributed by atoms with Crippen LogP contribution in [0.2, 0.25) is 5.02 Å². The highest BCUT2D eigenvalue weighted by Crippen LogP contribution is 2.39. The smallest absolute Gasteiger partial charge is 0.320 e. The van der Waals surface area contributed by atoms with Gasteiger partial charge in [-0.3, -0.25) is 9.69 Å². The van der Waals surface area contributed by atoms with Gasteiger partial charge in [0.05, 0.1) is 19.3 Å². The molecule has 2 aromatic rings. The van der Waals surface area contributed by atoms with Crippen LogP contribution >= 0.6 is 11.6 Å². The predicted octanol–water partition coefficient (Wildman–Crippen LogP) is 4.78. The number of nitrogens with zero attached hydrogens (tertiary/aromatic N) is 1. The second-order valence-electron chi connectivity index (χ2n) is 6.76. The van der Waals surface area contributed by atoms with Gasteiger partial charge in [0.2, 0.25) is 0 Å². The normalized spacial score (nSPS) is 18.0. The highest BCUT2D eigenvalue weighted by atomic mass is 35.5. The molecule has 0 aromatic heterocycles. The summed E-state index contributed by atoms with van der Waals surface area (Å²) < 4.78 is 11.5. The van der Waals surface area contributed by atoms with Gasteiger partial charge in [-0.05, 0) is 62.1 Å². The minimum Gasteiger partial charge on any atom is -0.490 e. The van der Waals surface area contributed by atoms with E-state index in [1.165, 1.54) is 0 Å². The third-order valence-corrected chi connectivity index (χ3v) is 5.23. The van der Waals surface area contributed by atoms with Crippen LogP contribution in [0.5, 0.6) is 11.5 Å². The molecule has 0 amide bonds. The van der Waals surface area contributed by atoms with E-state index in [0.29, 0.717) is 36.2 Å². The van der Waals surface area contributed by atoms with Gasteiger partial charge < -0.3 is 14.6 Å². The molecule has 0 spiro atoms. The first-order valence-electron chi connectivity index (χ1n) is 9.68. The minimum atomic E-state index is -0.785. The maximum absolute atomic E-state index is 11.8. The van der Waals surface area contributed by atoms with Crippen LogP contribution in [0.15, 0.2) is 42.5 Å². The largest absolute Gasteiger partial charge is 0.490 e. The van der Waals surface area contributed by atoms with Crippen LogP contribution < -0.4 is 9.47 Å². The fourth-order valence-corrected chi connectivity index (χ4v) is 3.95. The number of ether oxygens (including phenoxy) is 2. The molecular weight excluding hydrogens is 378 g/mol. The number of likely N-dealkylation sites (tertiary alicyclic amines) is 1. The molecular formula is C22H26ClNO4. The average molecular weight is 404 g/mol. The lowest BCUT2D eigenvalue weighted by Gasteiger charge is -2.32. The Morgan fingerprint density at radius 3 is 2.39 bits per heavy atom. The molecule has 1 aliphatic rings. The summed E-state index contributed by atoms with van der Waals surface area (Å²) in [5.74, 6) is 0.582. The second-order valence-corrected chi connectivity index (χ2v) is 7.20. The summed E-state index contributed by atoms with van der Waals surface area (Å²) in [7, 11) is 0. The number of aliphatic carboxylic acids is 1. The van der Waals surface area contributed by atoms with E-state index in [4.69, 9.17) is 21.1 Å². The van der Waals surface area contributed by atoms with Gasteiger partial charge in [-0.15, -0.1) is 0 Å². The van der Waals surface area contributed by atoms with E-state index in [9.17, 15) is 9.90 Å². The first-order valence-corrected chi connectivity index (χ1v) is 10.1. The number of benzene rings is 2. The molecule has 1 heterocycles. The molecule has 6 heteroatoms. The molecule has 1 aliphatic heterocycles. The second kappa shape index (κ2) is 9.30. The van der Waals surface area contributed by atoms with Crippen molar-refractivity contribution in [3.8, 4) is 11.5 Å². The van der Waals surface area contributed by atoms with E-state index in [1.807, 2.05) is 56.3 Å². The molecule has 0 radical (unpaired) electrons. The molecule has 1 N–H and O–H groups in total. The standard InChI is InChI=1S/C22H26ClNO4/c1-3-27-19-12-9-16(14-20(19)28-4-2)21(15-7-10-17(23)11-8-15)24-13-5-6-18(24)22(25)26/h7-12,14,18,21H,3-6,13H2,1-2H3,(H,25,26). The highest BCUT2D eigenvalue weighted by Gasteiger charge is 2.37. The van der Waals surface area contributed by atoms with Crippen molar-refractivity contribution in [1.82, 2.24) is 4.90 Å². The molecule has 2 aromatic carbocycles. The maximum Gasteiger partial charge on any atom is 0.320 e. The fourth-order valence-electron chi connectivity index (χ4n) is 3.82. The van der Waals surface area contributed by atoms with E-state index in [0.717, 1.165) is 24.1 Å². The molecule has 150 valence electrons. The number of rotatable bonds is 8. The van der Waals surface area contributed by atoms with Crippen LogP contribution in [-0.2, 0) is 4.79 Å². The lowest BCUT2D eigenvalue weighted by Crippen LogP contribution is -2.39. The Morgan fingerprint density at radius 2 is 1.75 bits per heavy atom. The van der Waals surface area contributed by atoms with Crippen molar-refractivity contribution >= 4 is 17.6 Å². The number of carboxylic acid groups (broad SMARTS) is 1. The summed E-state index contributed by atoms with van der Waals surface area (Å²) in [6.45, 7) is 5.66. The molecule has 1 saturated heterocycles. The van der Waals surface area contributed by atoms with Crippen LogP contribution in [0.1, 0.15) is 43.9 Å². The number of halogens is 1. The summed E-state index contributed by atoms with van der Waals surface area (Å²) in [4.78, 5) is 13.9. The van der Waals surface area contributed by atoms with Crippen molar-refractivity contribution in [2.24, 2.45) is 0 Å². The summed E-state index contributed by atoms with van der Waals surface area (Å²) in [5.41, 5.74) is 1.98. The van der Waals surface area contributed by atoms with Crippen molar-refractivity contribution in [3.05, 3.63) is 58.6 Å². The molecule has 1 fully saturated rings. The highest BCUT2D eigenvalue weighted by molar-refractivity contribution is 6.30. The van der Waals surface area contributed by atoms with Gasteiger partial charge in [-0.2, -0.15) is 0 Å². The van der Waals surface area contributed by atoms with Gasteiger partial charge >= 0.3 is 5.97 Å². The average Bonchev–Trinajstić information content (AvgIpc) is 3.15. The lowest BCUT2D eigenvalue weighted by atomic mass is 9.96. The Labute approximate surface area is 170 Å². The Hall–Kier alpha value is -2.24. The number of carboxylic acids is 1. The van der Waals surface area contributed by atoms with Crippen molar-refractivity contribution in [1.29, 1.82) is 0 Å². The molecule has 5 nitrogen and oxygen atoms in total. The van der Waals surface area contributed by atoms with Gasteiger partial charge in [-0.1, -0.05) is 29.8 Å². The van der Waals surface area contributed by atoms with Crippen molar-refractivity contribution < 1.29 is 19.4 Å². The summed E-state index contributed by atoms with van der Waals surface area (Å²) >= 11 is 6.08. The van der Waals surface area contributed by atoms with Gasteiger partial charge in [-0.25, -0.2) is 0 Å².